The summed E-state index contributed by atoms with van der Waals surface area (Å²) >= 11 is 0. The van der Waals surface area contributed by atoms with E-state index in [2.05, 4.69) is 187 Å². The van der Waals surface area contributed by atoms with Crippen molar-refractivity contribution in [2.75, 3.05) is 56.9 Å². The maximum Gasteiger partial charge on any atom is 0.0787 e. The van der Waals surface area contributed by atoms with Crippen LogP contribution in [0.15, 0.2) is 97.1 Å². The molecular weight excluding hydrogens is 1460 g/mol. The summed E-state index contributed by atoms with van der Waals surface area (Å²) in [4.78, 5) is 0. The number of benzene rings is 4. The first kappa shape index (κ1) is 134. The number of hydrogen-bond acceptors (Lipinski definition) is 12. The van der Waals surface area contributed by atoms with Gasteiger partial charge in [-0.15, -0.1) is 0 Å². The van der Waals surface area contributed by atoms with Gasteiger partial charge < -0.3 is 91.0 Å². The zero-order chi connectivity index (χ0) is 77.8. The molecule has 0 amide bonds. The predicted molar refractivity (Wildman–Crippen MR) is 445 cm³/mol. The molecule has 4 atom stereocenters. The van der Waals surface area contributed by atoms with E-state index in [0.29, 0.717) is 25.7 Å². The summed E-state index contributed by atoms with van der Waals surface area (Å²) in [6, 6.07) is 33.1. The molecule has 4 unspecified atom stereocenters. The average Bonchev–Trinajstić information content (AvgIpc) is 1.18. The molecule has 0 aliphatic heterocycles. The zero-order valence-electron chi connectivity index (χ0n) is 74.4. The minimum Gasteiger partial charge on any atom is -0.400 e. The van der Waals surface area contributed by atoms with Gasteiger partial charge in [0.25, 0.3) is 0 Å². The van der Waals surface area contributed by atoms with E-state index in [-0.39, 0.29) is 128 Å². The monoisotopic (exact) mass is 1640 g/mol. The molecule has 0 spiro atoms. The number of aliphatic hydroxyl groups is 12. The van der Waals surface area contributed by atoms with E-state index in [0.717, 1.165) is 220 Å². The second-order valence-electron chi connectivity index (χ2n) is 28.5. The van der Waals surface area contributed by atoms with E-state index in [1.54, 1.807) is 0 Å². The topological polar surface area (TPSA) is 243 Å². The molecule has 4 saturated carbocycles. The van der Waals surface area contributed by atoms with Gasteiger partial charge in [-0.2, -0.15) is 0 Å². The molecule has 0 aromatic heterocycles. The Labute approximate surface area is 716 Å². The largest absolute Gasteiger partial charge is 0.400 e. The average molecular weight is 1640 g/mol. The second kappa shape index (κ2) is 75.6. The van der Waals surface area contributed by atoms with Crippen LogP contribution in [0, 0.1) is 148 Å². The minimum atomic E-state index is -0.502. The third-order valence-corrected chi connectivity index (χ3v) is 25.2. The second-order valence-corrected chi connectivity index (χ2v) is 28.5. The molecule has 12 N–H and O–H groups in total. The minimum absolute atomic E-state index is 0. The van der Waals surface area contributed by atoms with E-state index in [1.165, 1.54) is 0 Å². The summed E-state index contributed by atoms with van der Waals surface area (Å²) in [5.74, 6) is 18.6. The Morgan fingerprint density at radius 1 is 0.179 bits per heavy atom. The molecule has 8 rings (SSSR count). The predicted octanol–water partition coefficient (Wildman–Crippen LogP) is 19.8. The first-order valence-corrected chi connectivity index (χ1v) is 37.2. The Bertz CT molecular complexity index is 1930. The van der Waals surface area contributed by atoms with Gasteiger partial charge in [-0.25, -0.2) is 0 Å². The van der Waals surface area contributed by atoms with Crippen LogP contribution in [0.1, 0.15) is 273 Å². The molecular formula is C90H170O12Ti4-4. The number of aliphatic hydroxyl groups excluding tert-OH is 12. The van der Waals surface area contributed by atoms with E-state index >= 15 is 0 Å². The molecule has 4 aromatic carbocycles. The van der Waals surface area contributed by atoms with Crippen molar-refractivity contribution < 1.29 is 148 Å². The van der Waals surface area contributed by atoms with Crippen molar-refractivity contribution in [3.63, 3.8) is 0 Å². The van der Waals surface area contributed by atoms with Crippen molar-refractivity contribution in [3.05, 3.63) is 171 Å². The van der Waals surface area contributed by atoms with Gasteiger partial charge in [0.2, 0.25) is 0 Å². The molecule has 4 aromatic rings. The molecule has 12 nitrogen and oxygen atoms in total. The van der Waals surface area contributed by atoms with Gasteiger partial charge in [-0.05, 0) is 189 Å². The van der Waals surface area contributed by atoms with Crippen LogP contribution in [0.3, 0.4) is 0 Å². The Hall–Kier alpha value is -0.743. The summed E-state index contributed by atoms with van der Waals surface area (Å²) in [6.07, 6.45) is 0.599. The van der Waals surface area contributed by atoms with Gasteiger partial charge in [0, 0.05) is 156 Å². The maximum atomic E-state index is 10.5. The number of rotatable bonds is 13. The molecule has 622 valence electrons. The molecule has 106 heavy (non-hydrogen) atoms. The van der Waals surface area contributed by atoms with Gasteiger partial charge in [0.15, 0.2) is 0 Å². The smallest absolute Gasteiger partial charge is 0.0787 e. The Morgan fingerprint density at radius 2 is 0.245 bits per heavy atom. The molecule has 0 saturated heterocycles. The fourth-order valence-corrected chi connectivity index (χ4v) is 15.4. The Balaban J connectivity index is -0.000000101. The van der Waals surface area contributed by atoms with Crippen LogP contribution in [-0.4, -0.2) is 118 Å². The fourth-order valence-electron chi connectivity index (χ4n) is 15.4. The van der Waals surface area contributed by atoms with Crippen molar-refractivity contribution in [3.8, 4) is 0 Å². The van der Waals surface area contributed by atoms with Gasteiger partial charge in [0.05, 0.1) is 24.4 Å². The fraction of sp³-hybridized carbons (Fsp3) is 0.689. The van der Waals surface area contributed by atoms with Crippen LogP contribution in [0.25, 0.3) is 0 Å². The van der Waals surface area contributed by atoms with E-state index in [1.807, 2.05) is 76.2 Å². The molecule has 0 bridgehead atoms. The van der Waals surface area contributed by atoms with E-state index in [4.69, 9.17) is 40.9 Å². The van der Waals surface area contributed by atoms with Gasteiger partial charge in [-0.1, -0.05) is 263 Å². The summed E-state index contributed by atoms with van der Waals surface area (Å²) in [7, 11) is 8.00. The summed E-state index contributed by atoms with van der Waals surface area (Å²) in [5, 5.41) is 97.9. The summed E-state index contributed by atoms with van der Waals surface area (Å²) < 4.78 is 0. The molecule has 4 fully saturated rings. The normalized spacial score (nSPS) is 27.7. The van der Waals surface area contributed by atoms with E-state index < -0.39 is 24.4 Å². The van der Waals surface area contributed by atoms with Crippen molar-refractivity contribution >= 4 is 0 Å². The van der Waals surface area contributed by atoms with Crippen LogP contribution < -0.4 is 0 Å². The summed E-state index contributed by atoms with van der Waals surface area (Å²) in [6.45, 7) is 55.9. The van der Waals surface area contributed by atoms with Gasteiger partial charge in [0.1, 0.15) is 0 Å². The first-order chi connectivity index (χ1) is 46.5. The molecule has 4 aliphatic rings. The van der Waals surface area contributed by atoms with E-state index in [9.17, 15) is 20.4 Å². The standard InChI is InChI=1S/C38H46O4.4C10H20.8CH4O.4CH3.4Ti/c1-5-33(39)25-9-17-29(18-10-25)37(30-19-11-26(12-20-30)34(40)6-2)38(31-21-13-27(14-22-31)35(41)7-3)32-23-15-28(16-24-32)36(42)8-4;4*1-6-7(2)9(4)10(5)8(6)3;8*1-2;;;;;;;;/h9-24,33-42H,5-8H2,1-4H3;4*6-10H,1-5H3;8*2H,1H3;4*1H3;;;;/q;;;;;;;;;;;;;4*-1;;;;. The third kappa shape index (κ3) is 40.5. The first-order valence-electron chi connectivity index (χ1n) is 37.2. The maximum absolute atomic E-state index is 10.5. The van der Waals surface area contributed by atoms with Crippen LogP contribution in [0.2, 0.25) is 0 Å². The summed E-state index contributed by atoms with van der Waals surface area (Å²) in [5.41, 5.74) is 8.06. The van der Waals surface area contributed by atoms with Crippen molar-refractivity contribution in [1.29, 1.82) is 0 Å². The van der Waals surface area contributed by atoms with Crippen LogP contribution in [0.5, 0.6) is 0 Å². The molecule has 0 heterocycles. The Kier molecular flexibility index (Phi) is 95.9. The van der Waals surface area contributed by atoms with Crippen molar-refractivity contribution in [2.24, 2.45) is 118 Å². The number of hydrogen-bond donors (Lipinski definition) is 12. The quantitative estimate of drug-likeness (QED) is 0.0442. The van der Waals surface area contributed by atoms with Crippen LogP contribution in [0.4, 0.5) is 0 Å². The van der Waals surface area contributed by atoms with Gasteiger partial charge in [-0.3, -0.25) is 0 Å². The van der Waals surface area contributed by atoms with Crippen molar-refractivity contribution in [2.45, 2.75) is 228 Å². The Morgan fingerprint density at radius 3 is 0.311 bits per heavy atom. The van der Waals surface area contributed by atoms with Gasteiger partial charge >= 0.3 is 0 Å². The third-order valence-electron chi connectivity index (χ3n) is 25.2. The van der Waals surface area contributed by atoms with Crippen LogP contribution >= 0.6 is 0 Å². The van der Waals surface area contributed by atoms with Crippen molar-refractivity contribution in [1.82, 2.24) is 0 Å². The molecule has 0 radical (unpaired) electrons. The zero-order valence-corrected chi connectivity index (χ0v) is 80.7. The SMILES string of the molecule is CC1C(C)C(C)C(C)C1C.CC1C(C)C(C)C(C)C1C.CC1C(C)C(C)C(C)C1C.CC1C(C)C(C)C(C)C1C.CCC(O)c1ccc(C(c2ccc(C(O)CC)cc2)C(c2ccc(C(O)CC)cc2)c2ccc(C(O)CC)cc2)cc1.CO.CO.CO.CO.CO.CO.CO.CO.[CH3-].[CH3-].[CH3-].[CH3-].[Ti].[Ti].[Ti].[Ti]. The van der Waals surface area contributed by atoms with Crippen LogP contribution in [-0.2, 0) is 86.9 Å². The molecule has 16 heteroatoms. The molecule has 4 aliphatic carbocycles.